The Morgan fingerprint density at radius 2 is 1.91 bits per heavy atom. The fourth-order valence-corrected chi connectivity index (χ4v) is 5.04. The maximum Gasteiger partial charge on any atom is 0.244 e. The molecule has 1 aromatic heterocycles. The van der Waals surface area contributed by atoms with Crippen LogP contribution in [0.25, 0.3) is 0 Å². The molecular weight excluding hydrogens is 400 g/mol. The van der Waals surface area contributed by atoms with Crippen LogP contribution < -0.4 is 0 Å². The first-order valence-corrected chi connectivity index (χ1v) is 12.1. The third-order valence-corrected chi connectivity index (χ3v) is 7.03. The highest BCUT2D eigenvalue weighted by Gasteiger charge is 2.27. The van der Waals surface area contributed by atoms with E-state index in [4.69, 9.17) is 4.74 Å². The van der Waals surface area contributed by atoms with Crippen LogP contribution in [0.5, 0.6) is 0 Å². The van der Waals surface area contributed by atoms with Gasteiger partial charge in [-0.1, -0.05) is 24.3 Å². The number of aromatic nitrogens is 2. The second-order valence-electron chi connectivity index (χ2n) is 9.66. The predicted octanol–water partition coefficient (Wildman–Crippen LogP) is 3.73. The Balaban J connectivity index is 1.34. The van der Waals surface area contributed by atoms with Crippen LogP contribution >= 0.6 is 0 Å². The topological polar surface area (TPSA) is 50.6 Å². The summed E-state index contributed by atoms with van der Waals surface area (Å²) >= 11 is 0. The fourth-order valence-electron chi connectivity index (χ4n) is 5.04. The minimum absolute atomic E-state index is 0.161. The number of nitrogens with zero attached hydrogens (tertiary/aromatic N) is 4. The second-order valence-corrected chi connectivity index (χ2v) is 9.66. The van der Waals surface area contributed by atoms with Gasteiger partial charge in [-0.3, -0.25) is 14.4 Å². The SMILES string of the molecule is Cc1cc(C)n(CC(=O)N(CC2CCN(Cc3ccccc3C)CC2)C[C@@H]2CCCO2)n1. The van der Waals surface area contributed by atoms with Crippen LogP contribution in [0.3, 0.4) is 0 Å². The quantitative estimate of drug-likeness (QED) is 0.630. The average Bonchev–Trinajstić information content (AvgIpc) is 3.39. The molecular formula is C26H38N4O2. The monoisotopic (exact) mass is 438 g/mol. The molecule has 6 nitrogen and oxygen atoms in total. The number of piperidine rings is 1. The summed E-state index contributed by atoms with van der Waals surface area (Å²) in [6.45, 7) is 12.1. The van der Waals surface area contributed by atoms with Gasteiger partial charge in [-0.25, -0.2) is 0 Å². The molecule has 32 heavy (non-hydrogen) atoms. The number of aryl methyl sites for hydroxylation is 3. The molecule has 4 rings (SSSR count). The van der Waals surface area contributed by atoms with Crippen molar-refractivity contribution in [3.05, 3.63) is 52.8 Å². The first-order chi connectivity index (χ1) is 15.5. The van der Waals surface area contributed by atoms with E-state index in [9.17, 15) is 4.79 Å². The Hall–Kier alpha value is -2.18. The zero-order valence-corrected chi connectivity index (χ0v) is 19.9. The number of rotatable bonds is 8. The standard InChI is InChI=1S/C26H38N4O2/c1-20-7-4-5-8-24(20)17-28-12-10-23(11-13-28)16-29(18-25-9-6-14-32-25)26(31)19-30-22(3)15-21(2)27-30/h4-5,7-8,15,23,25H,6,9-14,16-19H2,1-3H3/t25-/m0/s1. The van der Waals surface area contributed by atoms with Crippen molar-refractivity contribution >= 4 is 5.91 Å². The molecule has 2 aliphatic rings. The summed E-state index contributed by atoms with van der Waals surface area (Å²) in [4.78, 5) is 17.9. The predicted molar refractivity (Wildman–Crippen MR) is 126 cm³/mol. The zero-order valence-electron chi connectivity index (χ0n) is 19.9. The lowest BCUT2D eigenvalue weighted by Gasteiger charge is -2.36. The largest absolute Gasteiger partial charge is 0.376 e. The minimum Gasteiger partial charge on any atom is -0.376 e. The molecule has 0 spiro atoms. The van der Waals surface area contributed by atoms with Gasteiger partial charge in [0, 0.05) is 31.9 Å². The van der Waals surface area contributed by atoms with Crippen molar-refractivity contribution in [1.82, 2.24) is 19.6 Å². The molecule has 6 heteroatoms. The summed E-state index contributed by atoms with van der Waals surface area (Å²) in [5.41, 5.74) is 4.79. The lowest BCUT2D eigenvalue weighted by molar-refractivity contribution is -0.134. The van der Waals surface area contributed by atoms with E-state index in [0.717, 1.165) is 69.9 Å². The van der Waals surface area contributed by atoms with Gasteiger partial charge in [0.2, 0.25) is 5.91 Å². The molecule has 0 radical (unpaired) electrons. The zero-order chi connectivity index (χ0) is 22.5. The van der Waals surface area contributed by atoms with Gasteiger partial charge >= 0.3 is 0 Å². The van der Waals surface area contributed by atoms with Crippen molar-refractivity contribution in [3.8, 4) is 0 Å². The van der Waals surface area contributed by atoms with Crippen LogP contribution in [-0.2, 0) is 22.6 Å². The lowest BCUT2D eigenvalue weighted by atomic mass is 9.95. The van der Waals surface area contributed by atoms with Crippen LogP contribution in [0.4, 0.5) is 0 Å². The summed E-state index contributed by atoms with van der Waals surface area (Å²) in [6, 6.07) is 10.7. The Bertz CT molecular complexity index is 895. The van der Waals surface area contributed by atoms with E-state index >= 15 is 0 Å². The van der Waals surface area contributed by atoms with E-state index in [1.807, 2.05) is 24.6 Å². The average molecular weight is 439 g/mol. The summed E-state index contributed by atoms with van der Waals surface area (Å²) < 4.78 is 7.71. The third-order valence-electron chi connectivity index (χ3n) is 7.03. The Kier molecular flexibility index (Phi) is 7.63. The molecule has 1 amide bonds. The van der Waals surface area contributed by atoms with Crippen molar-refractivity contribution < 1.29 is 9.53 Å². The number of hydrogen-bond acceptors (Lipinski definition) is 4. The normalized spacial score (nSPS) is 20.0. The molecule has 174 valence electrons. The van der Waals surface area contributed by atoms with Gasteiger partial charge in [0.25, 0.3) is 0 Å². The van der Waals surface area contributed by atoms with Crippen LogP contribution in [0.1, 0.15) is 48.2 Å². The number of ether oxygens (including phenoxy) is 1. The fraction of sp³-hybridized carbons (Fsp3) is 0.615. The second kappa shape index (κ2) is 10.6. The smallest absolute Gasteiger partial charge is 0.244 e. The van der Waals surface area contributed by atoms with E-state index in [0.29, 0.717) is 19.0 Å². The number of carbonyl (C=O) groups is 1. The molecule has 0 bridgehead atoms. The molecule has 2 fully saturated rings. The molecule has 2 saturated heterocycles. The number of amides is 1. The number of hydrogen-bond donors (Lipinski definition) is 0. The summed E-state index contributed by atoms with van der Waals surface area (Å²) in [6.07, 6.45) is 4.61. The highest BCUT2D eigenvalue weighted by atomic mass is 16.5. The van der Waals surface area contributed by atoms with Gasteiger partial charge in [0.15, 0.2) is 0 Å². The molecule has 0 aliphatic carbocycles. The summed E-state index contributed by atoms with van der Waals surface area (Å²) in [7, 11) is 0. The van der Waals surface area contributed by atoms with E-state index in [-0.39, 0.29) is 12.0 Å². The van der Waals surface area contributed by atoms with Crippen molar-refractivity contribution in [2.24, 2.45) is 5.92 Å². The molecule has 2 aliphatic heterocycles. The Labute approximate surface area is 192 Å². The first-order valence-electron chi connectivity index (χ1n) is 12.1. The maximum atomic E-state index is 13.3. The number of carbonyl (C=O) groups excluding carboxylic acids is 1. The summed E-state index contributed by atoms with van der Waals surface area (Å²) in [5, 5.41) is 4.50. The van der Waals surface area contributed by atoms with Crippen LogP contribution in [0, 0.1) is 26.7 Å². The molecule has 0 unspecified atom stereocenters. The molecule has 2 aromatic rings. The maximum absolute atomic E-state index is 13.3. The van der Waals surface area contributed by atoms with Gasteiger partial charge < -0.3 is 9.64 Å². The van der Waals surface area contributed by atoms with Gasteiger partial charge in [-0.15, -0.1) is 0 Å². The molecule has 1 aromatic carbocycles. The van der Waals surface area contributed by atoms with Gasteiger partial charge in [-0.05, 0) is 82.7 Å². The molecule has 1 atom stereocenters. The first kappa shape index (κ1) is 23.0. The Morgan fingerprint density at radius 3 is 2.56 bits per heavy atom. The van der Waals surface area contributed by atoms with E-state index in [1.165, 1.54) is 11.1 Å². The minimum atomic E-state index is 0.161. The highest BCUT2D eigenvalue weighted by molar-refractivity contribution is 5.76. The Morgan fingerprint density at radius 1 is 1.12 bits per heavy atom. The van der Waals surface area contributed by atoms with Crippen molar-refractivity contribution in [2.75, 3.05) is 32.8 Å². The molecule has 0 N–H and O–H groups in total. The van der Waals surface area contributed by atoms with Crippen molar-refractivity contribution in [2.45, 2.75) is 65.6 Å². The van der Waals surface area contributed by atoms with Gasteiger partial charge in [0.1, 0.15) is 6.54 Å². The van der Waals surface area contributed by atoms with Crippen LogP contribution in [0.15, 0.2) is 30.3 Å². The van der Waals surface area contributed by atoms with Gasteiger partial charge in [0.05, 0.1) is 11.8 Å². The highest BCUT2D eigenvalue weighted by Crippen LogP contribution is 2.23. The summed E-state index contributed by atoms with van der Waals surface area (Å²) in [5.74, 6) is 0.711. The third kappa shape index (κ3) is 5.99. The van der Waals surface area contributed by atoms with Crippen LogP contribution in [0.2, 0.25) is 0 Å². The van der Waals surface area contributed by atoms with E-state index in [1.54, 1.807) is 0 Å². The molecule has 3 heterocycles. The van der Waals surface area contributed by atoms with Crippen molar-refractivity contribution in [1.29, 1.82) is 0 Å². The number of likely N-dealkylation sites (tertiary alicyclic amines) is 1. The molecule has 0 saturated carbocycles. The lowest BCUT2D eigenvalue weighted by Crippen LogP contribution is -2.44. The van der Waals surface area contributed by atoms with Crippen LogP contribution in [-0.4, -0.2) is 64.4 Å². The number of benzene rings is 1. The van der Waals surface area contributed by atoms with Gasteiger partial charge in [-0.2, -0.15) is 5.10 Å². The van der Waals surface area contributed by atoms with E-state index < -0.39 is 0 Å². The van der Waals surface area contributed by atoms with Crippen molar-refractivity contribution in [3.63, 3.8) is 0 Å². The van der Waals surface area contributed by atoms with E-state index in [2.05, 4.69) is 46.1 Å².